The van der Waals surface area contributed by atoms with Crippen LogP contribution >= 0.6 is 0 Å². The third-order valence-electron chi connectivity index (χ3n) is 4.40. The fraction of sp³-hybridized carbons (Fsp3) is 0.200. The molecule has 1 aliphatic heterocycles. The van der Waals surface area contributed by atoms with E-state index in [0.717, 1.165) is 0 Å². The molecule has 8 heteroatoms. The number of carbonyl (C=O) groups is 1. The highest BCUT2D eigenvalue weighted by molar-refractivity contribution is 7.89. The van der Waals surface area contributed by atoms with Crippen molar-refractivity contribution >= 4 is 22.2 Å². The topological polar surface area (TPSA) is 104 Å². The smallest absolute Gasteiger partial charge is 0.274 e. The van der Waals surface area contributed by atoms with Gasteiger partial charge >= 0.3 is 0 Å². The van der Waals surface area contributed by atoms with Gasteiger partial charge in [0.05, 0.1) is 10.9 Å². The minimum atomic E-state index is -3.73. The molecule has 2 N–H and O–H groups in total. The van der Waals surface area contributed by atoms with Crippen molar-refractivity contribution in [2.75, 3.05) is 6.54 Å². The lowest BCUT2D eigenvalue weighted by molar-refractivity contribution is 0.0706. The third kappa shape index (κ3) is 4.12. The van der Waals surface area contributed by atoms with E-state index >= 15 is 0 Å². The number of rotatable bonds is 4. The maximum absolute atomic E-state index is 12.7. The molecule has 1 fully saturated rings. The van der Waals surface area contributed by atoms with Gasteiger partial charge in [-0.3, -0.25) is 14.8 Å². The van der Waals surface area contributed by atoms with Crippen LogP contribution < -0.4 is 5.48 Å². The van der Waals surface area contributed by atoms with Gasteiger partial charge < -0.3 is 0 Å². The summed E-state index contributed by atoms with van der Waals surface area (Å²) in [5.41, 5.74) is 3.14. The largest absolute Gasteiger partial charge is 0.289 e. The summed E-state index contributed by atoms with van der Waals surface area (Å²) in [4.78, 5) is 22.4. The molecule has 2 aromatic rings. The van der Waals surface area contributed by atoms with E-state index in [1.54, 1.807) is 36.0 Å². The molecule has 1 atom stereocenters. The number of hydroxylamine groups is 1. The number of nitrogens with zero attached hydrogens (tertiary/aromatic N) is 1. The molecule has 143 valence electrons. The monoisotopic (exact) mass is 397 g/mol. The fourth-order valence-electron chi connectivity index (χ4n) is 2.91. The molecule has 1 amide bonds. The molecule has 1 aliphatic rings. The maximum Gasteiger partial charge on any atom is 0.274 e. The Bertz CT molecular complexity index is 1030. The van der Waals surface area contributed by atoms with Crippen LogP contribution in [-0.2, 0) is 14.8 Å². The lowest BCUT2D eigenvalue weighted by atomic mass is 10.1. The highest BCUT2D eigenvalue weighted by Gasteiger charge is 2.35. The first-order chi connectivity index (χ1) is 13.5. The van der Waals surface area contributed by atoms with Crippen molar-refractivity contribution in [1.82, 2.24) is 9.79 Å². The molecule has 0 bridgehead atoms. The Hall–Kier alpha value is -2.99. The molecule has 0 unspecified atom stereocenters. The Balaban J connectivity index is 1.76. The van der Waals surface area contributed by atoms with E-state index < -0.39 is 22.0 Å². The SMILES string of the molecule is O=[C][C@H]1CCCN1S(=O)(=O)c1ccc(C#Cc2ccc(C(=O)NO)cc2)cc1. The summed E-state index contributed by atoms with van der Waals surface area (Å²) >= 11 is 0. The molecule has 1 heterocycles. The highest BCUT2D eigenvalue weighted by Crippen LogP contribution is 2.25. The maximum atomic E-state index is 12.7. The van der Waals surface area contributed by atoms with Crippen LogP contribution in [0.25, 0.3) is 0 Å². The normalized spacial score (nSPS) is 16.8. The van der Waals surface area contributed by atoms with Gasteiger partial charge in [0.1, 0.15) is 0 Å². The summed E-state index contributed by atoms with van der Waals surface area (Å²) in [7, 11) is -3.73. The zero-order valence-electron chi connectivity index (χ0n) is 14.8. The molecule has 28 heavy (non-hydrogen) atoms. The van der Waals surface area contributed by atoms with E-state index in [4.69, 9.17) is 5.21 Å². The van der Waals surface area contributed by atoms with Gasteiger partial charge in [-0.15, -0.1) is 0 Å². The fourth-order valence-corrected chi connectivity index (χ4v) is 4.51. The molecule has 2 aromatic carbocycles. The molecule has 3 rings (SSSR count). The molecule has 7 nitrogen and oxygen atoms in total. The van der Waals surface area contributed by atoms with Crippen molar-refractivity contribution in [2.24, 2.45) is 0 Å². The number of hydrogen-bond acceptors (Lipinski definition) is 5. The van der Waals surface area contributed by atoms with Gasteiger partial charge in [-0.1, -0.05) is 11.8 Å². The van der Waals surface area contributed by atoms with Gasteiger partial charge in [-0.05, 0) is 61.4 Å². The molecule has 1 radical (unpaired) electrons. The van der Waals surface area contributed by atoms with E-state index in [0.29, 0.717) is 36.1 Å². The second-order valence-corrected chi connectivity index (χ2v) is 8.07. The molecule has 0 aliphatic carbocycles. The van der Waals surface area contributed by atoms with Crippen LogP contribution in [0.4, 0.5) is 0 Å². The summed E-state index contributed by atoms with van der Waals surface area (Å²) < 4.78 is 26.5. The lowest BCUT2D eigenvalue weighted by Crippen LogP contribution is -2.36. The average molecular weight is 397 g/mol. The Morgan fingerprint density at radius 3 is 2.14 bits per heavy atom. The van der Waals surface area contributed by atoms with Crippen molar-refractivity contribution < 1.29 is 23.2 Å². The third-order valence-corrected chi connectivity index (χ3v) is 6.32. The van der Waals surface area contributed by atoms with Crippen LogP contribution in [0.3, 0.4) is 0 Å². The molecule has 0 saturated carbocycles. The van der Waals surface area contributed by atoms with Crippen molar-refractivity contribution in [3.8, 4) is 11.8 Å². The van der Waals surface area contributed by atoms with Gasteiger partial charge in [0.25, 0.3) is 5.91 Å². The van der Waals surface area contributed by atoms with Gasteiger partial charge in [0.15, 0.2) is 0 Å². The van der Waals surface area contributed by atoms with E-state index in [1.165, 1.54) is 28.6 Å². The van der Waals surface area contributed by atoms with Crippen molar-refractivity contribution in [2.45, 2.75) is 23.8 Å². The standard InChI is InChI=1S/C20H17N2O5S/c23-14-18-2-1-13-22(18)28(26,27)19-11-7-16(8-12-19)4-3-15-5-9-17(10-6-15)20(24)21-25/h5-12,18,25H,1-2,13H2,(H,21,24)/t18-/m1/s1. The Morgan fingerprint density at radius 1 is 1.04 bits per heavy atom. The summed E-state index contributed by atoms with van der Waals surface area (Å²) in [6.07, 6.45) is 2.92. The molecule has 1 saturated heterocycles. The summed E-state index contributed by atoms with van der Waals surface area (Å²) in [6, 6.07) is 11.7. The van der Waals surface area contributed by atoms with Gasteiger partial charge in [-0.2, -0.15) is 4.31 Å². The van der Waals surface area contributed by atoms with E-state index in [1.807, 2.05) is 0 Å². The first-order valence-corrected chi connectivity index (χ1v) is 9.96. The average Bonchev–Trinajstić information content (AvgIpc) is 3.22. The quantitative estimate of drug-likeness (QED) is 0.462. The Labute approximate surface area is 163 Å². The zero-order valence-corrected chi connectivity index (χ0v) is 15.6. The van der Waals surface area contributed by atoms with Gasteiger partial charge in [0, 0.05) is 23.2 Å². The van der Waals surface area contributed by atoms with Crippen molar-refractivity contribution in [3.05, 3.63) is 65.2 Å². The predicted molar refractivity (Wildman–Crippen MR) is 101 cm³/mol. The van der Waals surface area contributed by atoms with Crippen LogP contribution in [-0.4, -0.2) is 42.7 Å². The first kappa shape index (κ1) is 19.8. The molecular formula is C20H17N2O5S. The van der Waals surface area contributed by atoms with Crippen LogP contribution in [0.5, 0.6) is 0 Å². The minimum absolute atomic E-state index is 0.111. The number of nitrogens with one attached hydrogen (secondary N) is 1. The zero-order chi connectivity index (χ0) is 20.1. The Kier molecular flexibility index (Phi) is 5.90. The highest BCUT2D eigenvalue weighted by atomic mass is 32.2. The number of hydrogen-bond donors (Lipinski definition) is 2. The van der Waals surface area contributed by atoms with Crippen LogP contribution in [0, 0.1) is 11.8 Å². The second kappa shape index (κ2) is 8.35. The number of carbonyl (C=O) groups excluding carboxylic acids is 2. The summed E-state index contributed by atoms with van der Waals surface area (Å²) in [5, 5.41) is 8.59. The van der Waals surface area contributed by atoms with Crippen molar-refractivity contribution in [3.63, 3.8) is 0 Å². The summed E-state index contributed by atoms with van der Waals surface area (Å²) in [5.74, 6) is 5.23. The van der Waals surface area contributed by atoms with Crippen LogP contribution in [0.2, 0.25) is 0 Å². The molecule has 0 aromatic heterocycles. The predicted octanol–water partition coefficient (Wildman–Crippen LogP) is 1.47. The van der Waals surface area contributed by atoms with Gasteiger partial charge in [-0.25, -0.2) is 13.9 Å². The molecular weight excluding hydrogens is 380 g/mol. The summed E-state index contributed by atoms with van der Waals surface area (Å²) in [6.45, 7) is 0.314. The van der Waals surface area contributed by atoms with E-state index in [2.05, 4.69) is 11.8 Å². The number of amides is 1. The van der Waals surface area contributed by atoms with Crippen molar-refractivity contribution in [1.29, 1.82) is 0 Å². The second-order valence-electron chi connectivity index (χ2n) is 6.18. The lowest BCUT2D eigenvalue weighted by Gasteiger charge is -2.19. The minimum Gasteiger partial charge on any atom is -0.289 e. The number of sulfonamides is 1. The first-order valence-electron chi connectivity index (χ1n) is 8.52. The molecule has 0 spiro atoms. The van der Waals surface area contributed by atoms with E-state index in [-0.39, 0.29) is 4.90 Å². The van der Waals surface area contributed by atoms with Crippen LogP contribution in [0.15, 0.2) is 53.4 Å². The van der Waals surface area contributed by atoms with Gasteiger partial charge in [0.2, 0.25) is 16.3 Å². The number of benzene rings is 2. The van der Waals surface area contributed by atoms with Crippen LogP contribution in [0.1, 0.15) is 34.3 Å². The van der Waals surface area contributed by atoms with E-state index in [9.17, 15) is 18.0 Å². The Morgan fingerprint density at radius 2 is 1.61 bits per heavy atom.